The fraction of sp³-hybridized carbons (Fsp3) is 0.500. The first-order valence-electron chi connectivity index (χ1n) is 12.8. The van der Waals surface area contributed by atoms with Crippen LogP contribution in [0.2, 0.25) is 0 Å². The van der Waals surface area contributed by atoms with Crippen molar-refractivity contribution in [3.8, 4) is 5.75 Å². The molecule has 3 unspecified atom stereocenters. The van der Waals surface area contributed by atoms with Crippen LogP contribution in [0.15, 0.2) is 54.6 Å². The number of ether oxygens (including phenoxy) is 2. The Morgan fingerprint density at radius 3 is 2.44 bits per heavy atom. The maximum atomic E-state index is 11.7. The fourth-order valence-electron chi connectivity index (χ4n) is 3.89. The number of unbranched alkanes of at least 4 members (excludes halogenated alkanes) is 3. The van der Waals surface area contributed by atoms with Gasteiger partial charge in [0, 0.05) is 19.2 Å². The highest BCUT2D eigenvalue weighted by atomic mass is 32.2. The van der Waals surface area contributed by atoms with Crippen LogP contribution in [0, 0.1) is 0 Å². The van der Waals surface area contributed by atoms with E-state index in [1.54, 1.807) is 0 Å². The third-order valence-electron chi connectivity index (χ3n) is 5.97. The molecule has 1 aliphatic rings. The molecule has 0 radical (unpaired) electrons. The van der Waals surface area contributed by atoms with Crippen molar-refractivity contribution in [2.75, 3.05) is 26.4 Å². The molecule has 2 aromatic rings. The third-order valence-corrected chi connectivity index (χ3v) is 6.95. The largest absolute Gasteiger partial charge is 0.492 e. The highest BCUT2D eigenvalue weighted by Gasteiger charge is 2.31. The minimum atomic E-state index is -0.553. The lowest BCUT2D eigenvalue weighted by atomic mass is 10.1. The van der Waals surface area contributed by atoms with Gasteiger partial charge in [0.1, 0.15) is 12.4 Å². The number of amides is 2. The van der Waals surface area contributed by atoms with E-state index >= 15 is 0 Å². The first-order chi connectivity index (χ1) is 17.5. The zero-order valence-corrected chi connectivity index (χ0v) is 21.8. The molecule has 0 saturated carbocycles. The molecular weight excluding hydrogens is 476 g/mol. The number of benzene rings is 2. The number of thioether (sulfide) groups is 1. The molecular formula is C28H38N2O5S. The van der Waals surface area contributed by atoms with Gasteiger partial charge in [0.15, 0.2) is 0 Å². The summed E-state index contributed by atoms with van der Waals surface area (Å²) in [6.45, 7) is 3.92. The van der Waals surface area contributed by atoms with Crippen LogP contribution in [0.1, 0.15) is 43.7 Å². The summed E-state index contributed by atoms with van der Waals surface area (Å²) in [6, 6.07) is 18.2. The second-order valence-corrected chi connectivity index (χ2v) is 10.4. The van der Waals surface area contributed by atoms with Crippen LogP contribution in [-0.4, -0.2) is 60.0 Å². The van der Waals surface area contributed by atoms with E-state index in [9.17, 15) is 14.7 Å². The number of imide groups is 1. The number of carbonyl (C=O) groups is 2. The lowest BCUT2D eigenvalue weighted by molar-refractivity contribution is -0.118. The molecule has 3 N–H and O–H groups in total. The maximum absolute atomic E-state index is 11.7. The van der Waals surface area contributed by atoms with Crippen molar-refractivity contribution in [1.82, 2.24) is 10.6 Å². The Morgan fingerprint density at radius 2 is 1.72 bits per heavy atom. The number of aliphatic hydroxyl groups is 1. The van der Waals surface area contributed by atoms with Crippen molar-refractivity contribution < 1.29 is 24.2 Å². The lowest BCUT2D eigenvalue weighted by Gasteiger charge is -2.18. The minimum Gasteiger partial charge on any atom is -0.492 e. The molecule has 1 heterocycles. The monoisotopic (exact) mass is 514 g/mol. The molecule has 0 aliphatic carbocycles. The Labute approximate surface area is 218 Å². The third kappa shape index (κ3) is 10.7. The van der Waals surface area contributed by atoms with Gasteiger partial charge < -0.3 is 19.9 Å². The van der Waals surface area contributed by atoms with Gasteiger partial charge in [0.25, 0.3) is 5.24 Å². The average Bonchev–Trinajstić information content (AvgIpc) is 3.20. The number of hydrogen-bond acceptors (Lipinski definition) is 7. The van der Waals surface area contributed by atoms with Crippen molar-refractivity contribution in [3.63, 3.8) is 0 Å². The van der Waals surface area contributed by atoms with Crippen LogP contribution in [0.3, 0.4) is 0 Å². The molecule has 0 spiro atoms. The Kier molecular flexibility index (Phi) is 12.3. The van der Waals surface area contributed by atoms with E-state index in [0.29, 0.717) is 32.8 Å². The van der Waals surface area contributed by atoms with E-state index in [-0.39, 0.29) is 22.4 Å². The minimum absolute atomic E-state index is 0.0635. The van der Waals surface area contributed by atoms with Crippen LogP contribution in [0.5, 0.6) is 5.75 Å². The second-order valence-electron chi connectivity index (χ2n) is 9.23. The van der Waals surface area contributed by atoms with Crippen molar-refractivity contribution >= 4 is 22.9 Å². The predicted octanol–water partition coefficient (Wildman–Crippen LogP) is 4.12. The number of aryl methyl sites for hydroxylation is 1. The van der Waals surface area contributed by atoms with Crippen molar-refractivity contribution in [2.45, 2.75) is 62.8 Å². The molecule has 1 saturated heterocycles. The van der Waals surface area contributed by atoms with Gasteiger partial charge in [-0.15, -0.1) is 0 Å². The van der Waals surface area contributed by atoms with Crippen LogP contribution in [0.4, 0.5) is 4.79 Å². The van der Waals surface area contributed by atoms with Crippen LogP contribution < -0.4 is 15.4 Å². The normalized spacial score (nSPS) is 17.1. The maximum Gasteiger partial charge on any atom is 0.286 e. The van der Waals surface area contributed by atoms with Crippen molar-refractivity contribution in [2.24, 2.45) is 0 Å². The Morgan fingerprint density at radius 1 is 0.972 bits per heavy atom. The summed E-state index contributed by atoms with van der Waals surface area (Å²) in [5.74, 6) is 0.506. The Balaban J connectivity index is 1.18. The molecule has 3 atom stereocenters. The Hall–Kier alpha value is -2.39. The fourth-order valence-corrected chi connectivity index (χ4v) is 4.75. The van der Waals surface area contributed by atoms with E-state index < -0.39 is 6.10 Å². The molecule has 3 rings (SSSR count). The Bertz CT molecular complexity index is 925. The summed E-state index contributed by atoms with van der Waals surface area (Å²) in [4.78, 5) is 23.0. The number of rotatable bonds is 17. The van der Waals surface area contributed by atoms with Gasteiger partial charge in [-0.1, -0.05) is 67.1 Å². The molecule has 2 amide bonds. The van der Waals surface area contributed by atoms with Gasteiger partial charge in [-0.2, -0.15) is 0 Å². The van der Waals surface area contributed by atoms with Crippen LogP contribution >= 0.6 is 11.8 Å². The molecule has 36 heavy (non-hydrogen) atoms. The molecule has 1 aliphatic heterocycles. The van der Waals surface area contributed by atoms with Gasteiger partial charge in [0.2, 0.25) is 5.91 Å². The summed E-state index contributed by atoms with van der Waals surface area (Å²) >= 11 is 1.04. The molecule has 0 aromatic heterocycles. The molecule has 2 aromatic carbocycles. The summed E-state index contributed by atoms with van der Waals surface area (Å²) < 4.78 is 11.4. The second kappa shape index (κ2) is 15.7. The first-order valence-corrected chi connectivity index (χ1v) is 13.6. The summed E-state index contributed by atoms with van der Waals surface area (Å²) in [7, 11) is 0. The van der Waals surface area contributed by atoms with Crippen LogP contribution in [-0.2, 0) is 22.4 Å². The van der Waals surface area contributed by atoms with E-state index in [0.717, 1.165) is 42.3 Å². The van der Waals surface area contributed by atoms with E-state index in [1.165, 1.54) is 18.4 Å². The SMILES string of the molecule is CC(COc1ccc(CC2SC(=O)NC2=O)cc1)NCC(O)COCCCCCCc1ccccc1. The number of carbonyl (C=O) groups excluding carboxylic acids is 2. The van der Waals surface area contributed by atoms with E-state index in [2.05, 4.69) is 34.9 Å². The van der Waals surface area contributed by atoms with Crippen molar-refractivity contribution in [1.29, 1.82) is 0 Å². The highest BCUT2D eigenvalue weighted by Crippen LogP contribution is 2.24. The van der Waals surface area contributed by atoms with Crippen molar-refractivity contribution in [3.05, 3.63) is 65.7 Å². The van der Waals surface area contributed by atoms with Crippen LogP contribution in [0.25, 0.3) is 0 Å². The topological polar surface area (TPSA) is 96.9 Å². The number of aliphatic hydroxyl groups excluding tert-OH is 1. The quantitative estimate of drug-likeness (QED) is 0.273. The zero-order valence-electron chi connectivity index (χ0n) is 21.0. The highest BCUT2D eigenvalue weighted by molar-refractivity contribution is 8.15. The predicted molar refractivity (Wildman–Crippen MR) is 143 cm³/mol. The lowest BCUT2D eigenvalue weighted by Crippen LogP contribution is -2.39. The summed E-state index contributed by atoms with van der Waals surface area (Å²) in [6.07, 6.45) is 5.63. The van der Waals surface area contributed by atoms with Gasteiger partial charge in [-0.25, -0.2) is 0 Å². The molecule has 1 fully saturated rings. The molecule has 7 nitrogen and oxygen atoms in total. The van der Waals surface area contributed by atoms with E-state index in [1.807, 2.05) is 37.3 Å². The number of hydrogen-bond donors (Lipinski definition) is 3. The van der Waals surface area contributed by atoms with Gasteiger partial charge in [-0.3, -0.25) is 14.9 Å². The molecule has 196 valence electrons. The summed E-state index contributed by atoms with van der Waals surface area (Å²) in [5.41, 5.74) is 2.37. The summed E-state index contributed by atoms with van der Waals surface area (Å²) in [5, 5.41) is 15.1. The van der Waals surface area contributed by atoms with E-state index in [4.69, 9.17) is 9.47 Å². The number of nitrogens with one attached hydrogen (secondary N) is 2. The zero-order chi connectivity index (χ0) is 25.6. The van der Waals surface area contributed by atoms with Gasteiger partial charge >= 0.3 is 0 Å². The molecule has 8 heteroatoms. The van der Waals surface area contributed by atoms with Gasteiger partial charge in [-0.05, 0) is 55.9 Å². The average molecular weight is 515 g/mol. The molecule has 0 bridgehead atoms. The van der Waals surface area contributed by atoms with Gasteiger partial charge in [0.05, 0.1) is 18.0 Å². The first kappa shape index (κ1) is 28.2. The smallest absolute Gasteiger partial charge is 0.286 e. The standard InChI is InChI=1S/C28H38N2O5S/c1-21(19-35-25-14-12-23(13-15-25)17-26-27(32)30-28(33)36-26)29-18-24(31)20-34-16-8-3-2-5-9-22-10-6-4-7-11-22/h4,6-7,10-15,21,24,26,29,31H,2-3,5,8-9,16-20H2,1H3,(H,30,32,33).